The number of benzene rings is 1. The van der Waals surface area contributed by atoms with Crippen LogP contribution in [0.2, 0.25) is 0 Å². The highest BCUT2D eigenvalue weighted by Crippen LogP contribution is 2.18. The second kappa shape index (κ2) is 6.16. The molecule has 3 rings (SSSR count). The molecule has 1 aromatic carbocycles. The number of nitrogens with one attached hydrogen (secondary N) is 2. The Labute approximate surface area is 131 Å². The van der Waals surface area contributed by atoms with Gasteiger partial charge in [-0.1, -0.05) is 12.1 Å². The second-order valence-corrected chi connectivity index (χ2v) is 5.49. The van der Waals surface area contributed by atoms with Gasteiger partial charge in [-0.2, -0.15) is 0 Å². The molecule has 0 unspecified atom stereocenters. The van der Waals surface area contributed by atoms with Crippen LogP contribution in [0.1, 0.15) is 44.8 Å². The molecule has 1 heterocycles. The molecule has 2 N–H and O–H groups in total. The van der Waals surface area contributed by atoms with Crippen molar-refractivity contribution in [1.29, 1.82) is 0 Å². The van der Waals surface area contributed by atoms with Crippen LogP contribution in [0.25, 0.3) is 0 Å². The van der Waals surface area contributed by atoms with Gasteiger partial charge in [-0.3, -0.25) is 14.4 Å². The van der Waals surface area contributed by atoms with E-state index >= 15 is 0 Å². The first-order valence-electron chi connectivity index (χ1n) is 7.36. The van der Waals surface area contributed by atoms with Crippen molar-refractivity contribution in [2.75, 3.05) is 0 Å². The average molecular weight is 314 g/mol. The molecule has 1 amide bonds. The van der Waals surface area contributed by atoms with Crippen LogP contribution < -0.4 is 10.9 Å². The number of hydrogen-bond acceptors (Lipinski definition) is 3. The van der Waals surface area contributed by atoms with E-state index in [2.05, 4.69) is 10.3 Å². The van der Waals surface area contributed by atoms with E-state index in [0.29, 0.717) is 36.1 Å². The zero-order valence-corrected chi connectivity index (χ0v) is 12.3. The van der Waals surface area contributed by atoms with E-state index in [4.69, 9.17) is 0 Å². The van der Waals surface area contributed by atoms with Crippen molar-refractivity contribution >= 4 is 11.7 Å². The van der Waals surface area contributed by atoms with E-state index in [1.165, 1.54) is 18.2 Å². The summed E-state index contributed by atoms with van der Waals surface area (Å²) in [5.74, 6) is -1.05. The normalized spacial score (nSPS) is 13.5. The fourth-order valence-corrected chi connectivity index (χ4v) is 2.67. The SMILES string of the molecule is O=C1CCCc2[nH]c(=O)c(C(=O)NCc3cccc(F)c3)cc21. The highest BCUT2D eigenvalue weighted by atomic mass is 19.1. The number of ketones is 1. The summed E-state index contributed by atoms with van der Waals surface area (Å²) < 4.78 is 13.1. The van der Waals surface area contributed by atoms with Crippen molar-refractivity contribution in [1.82, 2.24) is 10.3 Å². The Morgan fingerprint density at radius 1 is 1.22 bits per heavy atom. The van der Waals surface area contributed by atoms with Crippen molar-refractivity contribution in [3.63, 3.8) is 0 Å². The van der Waals surface area contributed by atoms with Crippen molar-refractivity contribution < 1.29 is 14.0 Å². The van der Waals surface area contributed by atoms with Crippen molar-refractivity contribution in [3.05, 3.63) is 68.9 Å². The first-order valence-corrected chi connectivity index (χ1v) is 7.36. The van der Waals surface area contributed by atoms with Crippen LogP contribution in [0.5, 0.6) is 0 Å². The Morgan fingerprint density at radius 2 is 2.04 bits per heavy atom. The van der Waals surface area contributed by atoms with E-state index < -0.39 is 17.3 Å². The minimum absolute atomic E-state index is 0.0679. The number of carbonyl (C=O) groups excluding carboxylic acids is 2. The molecule has 0 aliphatic heterocycles. The molecule has 0 spiro atoms. The van der Waals surface area contributed by atoms with Gasteiger partial charge in [0.05, 0.1) is 0 Å². The standard InChI is InChI=1S/C17H15FN2O3/c18-11-4-1-3-10(7-11)9-19-16(22)13-8-12-14(20-17(13)23)5-2-6-15(12)21/h1,3-4,7-8H,2,5-6,9H2,(H,19,22)(H,20,23). The second-order valence-electron chi connectivity index (χ2n) is 5.49. The van der Waals surface area contributed by atoms with Crippen LogP contribution >= 0.6 is 0 Å². The molecule has 1 aliphatic carbocycles. The molecule has 0 bridgehead atoms. The van der Waals surface area contributed by atoms with Gasteiger partial charge in [0.25, 0.3) is 11.5 Å². The van der Waals surface area contributed by atoms with E-state index in [1.54, 1.807) is 12.1 Å². The maximum absolute atomic E-state index is 13.1. The van der Waals surface area contributed by atoms with Crippen LogP contribution in [0, 0.1) is 5.82 Å². The number of halogens is 1. The number of amides is 1. The van der Waals surface area contributed by atoms with Gasteiger partial charge < -0.3 is 10.3 Å². The lowest BCUT2D eigenvalue weighted by molar-refractivity contribution is 0.0949. The van der Waals surface area contributed by atoms with Crippen LogP contribution in [0.4, 0.5) is 4.39 Å². The smallest absolute Gasteiger partial charge is 0.261 e. The number of carbonyl (C=O) groups is 2. The van der Waals surface area contributed by atoms with Gasteiger partial charge in [-0.05, 0) is 36.6 Å². The van der Waals surface area contributed by atoms with Gasteiger partial charge in [0.1, 0.15) is 11.4 Å². The quantitative estimate of drug-likeness (QED) is 0.909. The Balaban J connectivity index is 1.81. The molecule has 2 aromatic rings. The van der Waals surface area contributed by atoms with Crippen LogP contribution in [0.15, 0.2) is 35.1 Å². The number of fused-ring (bicyclic) bond motifs is 1. The number of H-pyrrole nitrogens is 1. The fourth-order valence-electron chi connectivity index (χ4n) is 2.67. The number of aromatic nitrogens is 1. The highest BCUT2D eigenvalue weighted by molar-refractivity contribution is 6.01. The molecule has 0 saturated heterocycles. The van der Waals surface area contributed by atoms with E-state index in [0.717, 1.165) is 0 Å². The highest BCUT2D eigenvalue weighted by Gasteiger charge is 2.21. The molecule has 6 heteroatoms. The number of aryl methyl sites for hydroxylation is 1. The molecule has 0 atom stereocenters. The summed E-state index contributed by atoms with van der Waals surface area (Å²) in [7, 11) is 0. The van der Waals surface area contributed by atoms with Crippen LogP contribution in [0.3, 0.4) is 0 Å². The molecule has 5 nitrogen and oxygen atoms in total. The summed E-state index contributed by atoms with van der Waals surface area (Å²) in [5, 5.41) is 2.57. The first-order chi connectivity index (χ1) is 11.0. The topological polar surface area (TPSA) is 79.0 Å². The van der Waals surface area contributed by atoms with E-state index in [-0.39, 0.29) is 17.9 Å². The lowest BCUT2D eigenvalue weighted by Gasteiger charge is -2.15. The molecule has 0 radical (unpaired) electrons. The molecule has 23 heavy (non-hydrogen) atoms. The summed E-state index contributed by atoms with van der Waals surface area (Å²) in [6.07, 6.45) is 1.75. The van der Waals surface area contributed by atoms with E-state index in [9.17, 15) is 18.8 Å². The third-order valence-electron chi connectivity index (χ3n) is 3.84. The maximum atomic E-state index is 13.1. The third-order valence-corrected chi connectivity index (χ3v) is 3.84. The minimum atomic E-state index is -0.586. The minimum Gasteiger partial charge on any atom is -0.348 e. The lowest BCUT2D eigenvalue weighted by Crippen LogP contribution is -2.31. The Kier molecular flexibility index (Phi) is 4.06. The number of rotatable bonds is 3. The number of aromatic amines is 1. The molecule has 0 fully saturated rings. The lowest BCUT2D eigenvalue weighted by atomic mass is 9.93. The summed E-state index contributed by atoms with van der Waals surface area (Å²) in [4.78, 5) is 38.7. The predicted molar refractivity (Wildman–Crippen MR) is 81.9 cm³/mol. The summed E-state index contributed by atoms with van der Waals surface area (Å²) in [6, 6.07) is 7.19. The Hall–Kier alpha value is -2.76. The van der Waals surface area contributed by atoms with Gasteiger partial charge in [-0.15, -0.1) is 0 Å². The largest absolute Gasteiger partial charge is 0.348 e. The number of Topliss-reactive ketones (excluding diaryl/α,β-unsaturated/α-hetero) is 1. The fraction of sp³-hybridized carbons (Fsp3) is 0.235. The van der Waals surface area contributed by atoms with Crippen LogP contribution in [-0.2, 0) is 13.0 Å². The monoisotopic (exact) mass is 314 g/mol. The van der Waals surface area contributed by atoms with Gasteiger partial charge in [0.2, 0.25) is 0 Å². The zero-order chi connectivity index (χ0) is 16.4. The van der Waals surface area contributed by atoms with Crippen LogP contribution in [-0.4, -0.2) is 16.7 Å². The Bertz CT molecular complexity index is 842. The van der Waals surface area contributed by atoms with Gasteiger partial charge in [-0.25, -0.2) is 4.39 Å². The third kappa shape index (κ3) is 3.21. The molecule has 118 valence electrons. The molecular formula is C17H15FN2O3. The van der Waals surface area contributed by atoms with Gasteiger partial charge in [0, 0.05) is 24.2 Å². The molecule has 0 saturated carbocycles. The first kappa shape index (κ1) is 15.1. The molecular weight excluding hydrogens is 299 g/mol. The maximum Gasteiger partial charge on any atom is 0.261 e. The Morgan fingerprint density at radius 3 is 2.83 bits per heavy atom. The predicted octanol–water partition coefficient (Wildman–Crippen LogP) is 1.96. The average Bonchev–Trinajstić information content (AvgIpc) is 2.52. The van der Waals surface area contributed by atoms with Crippen molar-refractivity contribution in [2.45, 2.75) is 25.8 Å². The molecule has 1 aliphatic rings. The number of hydrogen-bond donors (Lipinski definition) is 2. The van der Waals surface area contributed by atoms with Crippen molar-refractivity contribution in [3.8, 4) is 0 Å². The summed E-state index contributed by atoms with van der Waals surface area (Å²) in [5.41, 5.74) is 0.967. The summed E-state index contributed by atoms with van der Waals surface area (Å²) >= 11 is 0. The van der Waals surface area contributed by atoms with E-state index in [1.807, 2.05) is 0 Å². The van der Waals surface area contributed by atoms with Gasteiger partial charge in [0.15, 0.2) is 5.78 Å². The van der Waals surface area contributed by atoms with Crippen molar-refractivity contribution in [2.24, 2.45) is 0 Å². The number of pyridine rings is 1. The van der Waals surface area contributed by atoms with Gasteiger partial charge >= 0.3 is 0 Å². The molecule has 1 aromatic heterocycles. The zero-order valence-electron chi connectivity index (χ0n) is 12.3. The summed E-state index contributed by atoms with van der Waals surface area (Å²) in [6.45, 7) is 0.0983.